The van der Waals surface area contributed by atoms with Gasteiger partial charge in [0.05, 0.1) is 23.6 Å². The molecular weight excluding hydrogens is 402 g/mol. The average molecular weight is 428 g/mol. The van der Waals surface area contributed by atoms with Crippen LogP contribution in [-0.4, -0.2) is 49.0 Å². The summed E-state index contributed by atoms with van der Waals surface area (Å²) < 4.78 is 0. The minimum Gasteiger partial charge on any atom is -0.342 e. The number of aromatic amines is 1. The quantitative estimate of drug-likeness (QED) is 0.507. The van der Waals surface area contributed by atoms with Crippen molar-refractivity contribution in [2.45, 2.75) is 32.6 Å². The van der Waals surface area contributed by atoms with Gasteiger partial charge in [-0.15, -0.1) is 0 Å². The number of nitrogens with zero attached hydrogens (tertiary/aromatic N) is 5. The smallest absolute Gasteiger partial charge is 0.219 e. The summed E-state index contributed by atoms with van der Waals surface area (Å²) in [5.74, 6) is 1.64. The van der Waals surface area contributed by atoms with Crippen molar-refractivity contribution >= 4 is 28.3 Å². The molecule has 1 aliphatic heterocycles. The Morgan fingerprint density at radius 2 is 2.09 bits per heavy atom. The number of fused-ring (bicyclic) bond motifs is 1. The first kappa shape index (κ1) is 20.1. The molecule has 1 aromatic carbocycles. The van der Waals surface area contributed by atoms with Crippen LogP contribution in [0.25, 0.3) is 22.2 Å². The molecule has 1 unspecified atom stereocenters. The molecule has 4 aromatic rings. The van der Waals surface area contributed by atoms with Gasteiger partial charge in [-0.25, -0.2) is 9.97 Å². The van der Waals surface area contributed by atoms with Crippen LogP contribution in [0.15, 0.2) is 48.9 Å². The lowest BCUT2D eigenvalue weighted by atomic mass is 9.96. The number of rotatable bonds is 4. The highest BCUT2D eigenvalue weighted by molar-refractivity contribution is 5.92. The molecule has 0 radical (unpaired) electrons. The molecular formula is C24H25N7O. The second kappa shape index (κ2) is 8.37. The standard InChI is InChI=1S/C24H25N7O/c1-15-5-3-7-18(9-15)27-23-10-21(19-11-25-13-22-20(19)12-26-30-22)28-24(29-23)17-6-4-8-31(14-17)16(2)32/h3,5,7,9-13,17H,4,6,8,14H2,1-2H3,(H,26,30)(H,27,28,29). The van der Waals surface area contributed by atoms with E-state index in [-0.39, 0.29) is 11.8 Å². The number of benzene rings is 1. The van der Waals surface area contributed by atoms with E-state index in [0.717, 1.165) is 58.9 Å². The summed E-state index contributed by atoms with van der Waals surface area (Å²) in [5.41, 5.74) is 4.67. The number of likely N-dealkylation sites (tertiary alicyclic amines) is 1. The fourth-order valence-electron chi connectivity index (χ4n) is 4.26. The maximum atomic E-state index is 12.0. The number of anilines is 2. The molecule has 3 aromatic heterocycles. The van der Waals surface area contributed by atoms with Crippen LogP contribution in [0.4, 0.5) is 11.5 Å². The van der Waals surface area contributed by atoms with Gasteiger partial charge in [-0.1, -0.05) is 12.1 Å². The molecule has 1 saturated heterocycles. The summed E-state index contributed by atoms with van der Waals surface area (Å²) >= 11 is 0. The zero-order valence-corrected chi connectivity index (χ0v) is 18.2. The van der Waals surface area contributed by atoms with Gasteiger partial charge in [0.25, 0.3) is 0 Å². The Balaban J connectivity index is 1.59. The molecule has 4 heterocycles. The van der Waals surface area contributed by atoms with Crippen LogP contribution in [0.3, 0.4) is 0 Å². The lowest BCUT2D eigenvalue weighted by molar-refractivity contribution is -0.130. The van der Waals surface area contributed by atoms with Gasteiger partial charge in [0, 0.05) is 54.8 Å². The minimum atomic E-state index is 0.0853. The summed E-state index contributed by atoms with van der Waals surface area (Å²) in [6.45, 7) is 5.11. The molecule has 0 aliphatic carbocycles. The van der Waals surface area contributed by atoms with Crippen LogP contribution in [0, 0.1) is 6.92 Å². The maximum absolute atomic E-state index is 12.0. The van der Waals surface area contributed by atoms with Gasteiger partial charge in [-0.2, -0.15) is 5.10 Å². The zero-order chi connectivity index (χ0) is 22.1. The lowest BCUT2D eigenvalue weighted by Crippen LogP contribution is -2.38. The highest BCUT2D eigenvalue weighted by Gasteiger charge is 2.26. The topological polar surface area (TPSA) is 99.7 Å². The van der Waals surface area contributed by atoms with Crippen molar-refractivity contribution in [2.75, 3.05) is 18.4 Å². The molecule has 2 N–H and O–H groups in total. The third kappa shape index (κ3) is 4.03. The van der Waals surface area contributed by atoms with E-state index in [2.05, 4.69) is 39.6 Å². The maximum Gasteiger partial charge on any atom is 0.219 e. The van der Waals surface area contributed by atoms with E-state index in [1.807, 2.05) is 29.3 Å². The molecule has 1 atom stereocenters. The summed E-state index contributed by atoms with van der Waals surface area (Å²) in [5, 5.41) is 11.5. The fraction of sp³-hybridized carbons (Fsp3) is 0.292. The van der Waals surface area contributed by atoms with Gasteiger partial charge in [0.2, 0.25) is 5.91 Å². The normalized spacial score (nSPS) is 16.3. The monoisotopic (exact) mass is 427 g/mol. The van der Waals surface area contributed by atoms with Gasteiger partial charge in [-0.3, -0.25) is 14.9 Å². The molecule has 1 amide bonds. The summed E-state index contributed by atoms with van der Waals surface area (Å²) in [7, 11) is 0. The molecule has 8 nitrogen and oxygen atoms in total. The van der Waals surface area contributed by atoms with Crippen molar-refractivity contribution in [1.82, 2.24) is 30.0 Å². The number of H-pyrrole nitrogens is 1. The van der Waals surface area contributed by atoms with Gasteiger partial charge in [0.1, 0.15) is 11.6 Å². The summed E-state index contributed by atoms with van der Waals surface area (Å²) in [4.78, 5) is 28.0. The van der Waals surface area contributed by atoms with Crippen molar-refractivity contribution in [2.24, 2.45) is 0 Å². The molecule has 0 spiro atoms. The SMILES string of the molecule is CC(=O)N1CCCC(c2nc(Nc3cccc(C)c3)cc(-c3cncc4[nH]ncc34)n2)C1. The van der Waals surface area contributed by atoms with Gasteiger partial charge in [0.15, 0.2) is 0 Å². The molecule has 1 fully saturated rings. The van der Waals surface area contributed by atoms with Gasteiger partial charge < -0.3 is 10.2 Å². The van der Waals surface area contributed by atoms with E-state index < -0.39 is 0 Å². The van der Waals surface area contributed by atoms with E-state index in [4.69, 9.17) is 9.97 Å². The number of carbonyl (C=O) groups excluding carboxylic acids is 1. The molecule has 8 heteroatoms. The van der Waals surface area contributed by atoms with Crippen LogP contribution >= 0.6 is 0 Å². The van der Waals surface area contributed by atoms with Crippen molar-refractivity contribution in [3.63, 3.8) is 0 Å². The fourth-order valence-corrected chi connectivity index (χ4v) is 4.26. The van der Waals surface area contributed by atoms with Crippen LogP contribution < -0.4 is 5.32 Å². The number of aryl methyl sites for hydroxylation is 1. The molecule has 0 bridgehead atoms. The first-order valence-electron chi connectivity index (χ1n) is 10.8. The van der Waals surface area contributed by atoms with Crippen molar-refractivity contribution in [3.05, 3.63) is 60.3 Å². The summed E-state index contributed by atoms with van der Waals surface area (Å²) in [6.07, 6.45) is 7.25. The van der Waals surface area contributed by atoms with Crippen molar-refractivity contribution in [3.8, 4) is 11.3 Å². The number of amides is 1. The Kier molecular flexibility index (Phi) is 5.26. The molecule has 32 heavy (non-hydrogen) atoms. The third-order valence-corrected chi connectivity index (χ3v) is 5.91. The van der Waals surface area contributed by atoms with Gasteiger partial charge >= 0.3 is 0 Å². The van der Waals surface area contributed by atoms with E-state index in [0.29, 0.717) is 6.54 Å². The Hall–Kier alpha value is -3.81. The Morgan fingerprint density at radius 1 is 1.19 bits per heavy atom. The predicted octanol–water partition coefficient (Wildman–Crippen LogP) is 4.19. The highest BCUT2D eigenvalue weighted by atomic mass is 16.2. The molecule has 0 saturated carbocycles. The zero-order valence-electron chi connectivity index (χ0n) is 18.2. The second-order valence-electron chi connectivity index (χ2n) is 8.31. The Bertz CT molecular complexity index is 1280. The lowest BCUT2D eigenvalue weighted by Gasteiger charge is -2.31. The Labute approximate surface area is 186 Å². The van der Waals surface area contributed by atoms with E-state index in [1.54, 1.807) is 19.3 Å². The summed E-state index contributed by atoms with van der Waals surface area (Å²) in [6, 6.07) is 10.1. The minimum absolute atomic E-state index is 0.0853. The number of piperidine rings is 1. The van der Waals surface area contributed by atoms with Crippen LogP contribution in [-0.2, 0) is 4.79 Å². The van der Waals surface area contributed by atoms with E-state index >= 15 is 0 Å². The Morgan fingerprint density at radius 3 is 2.94 bits per heavy atom. The number of hydrogen-bond donors (Lipinski definition) is 2. The highest BCUT2D eigenvalue weighted by Crippen LogP contribution is 2.31. The van der Waals surface area contributed by atoms with Crippen LogP contribution in [0.5, 0.6) is 0 Å². The predicted molar refractivity (Wildman–Crippen MR) is 124 cm³/mol. The number of hydrogen-bond acceptors (Lipinski definition) is 6. The largest absolute Gasteiger partial charge is 0.342 e. The van der Waals surface area contributed by atoms with Crippen molar-refractivity contribution < 1.29 is 4.79 Å². The van der Waals surface area contributed by atoms with Crippen LogP contribution in [0.2, 0.25) is 0 Å². The first-order chi connectivity index (χ1) is 15.6. The molecule has 5 rings (SSSR count). The number of aromatic nitrogens is 5. The number of carbonyl (C=O) groups is 1. The first-order valence-corrected chi connectivity index (χ1v) is 10.8. The number of nitrogens with one attached hydrogen (secondary N) is 2. The molecule has 1 aliphatic rings. The van der Waals surface area contributed by atoms with Crippen LogP contribution in [0.1, 0.15) is 37.1 Å². The molecule has 162 valence electrons. The van der Waals surface area contributed by atoms with E-state index in [1.165, 1.54) is 5.56 Å². The second-order valence-corrected chi connectivity index (χ2v) is 8.31. The van der Waals surface area contributed by atoms with E-state index in [9.17, 15) is 4.79 Å². The van der Waals surface area contributed by atoms with Crippen molar-refractivity contribution in [1.29, 1.82) is 0 Å². The third-order valence-electron chi connectivity index (χ3n) is 5.91. The average Bonchev–Trinajstić information content (AvgIpc) is 3.28. The number of pyridine rings is 1. The van der Waals surface area contributed by atoms with Gasteiger partial charge in [-0.05, 0) is 37.5 Å².